The number of amides is 1. The van der Waals surface area contributed by atoms with E-state index < -0.39 is 29.5 Å². The van der Waals surface area contributed by atoms with Crippen LogP contribution in [0.4, 0.5) is 13.2 Å². The van der Waals surface area contributed by atoms with Crippen LogP contribution in [-0.4, -0.2) is 28.8 Å². The van der Waals surface area contributed by atoms with Gasteiger partial charge in [0.2, 0.25) is 0 Å². The fraction of sp³-hybridized carbons (Fsp3) is 0.133. The number of carbonyl (C=O) groups is 2. The minimum Gasteiger partial charge on any atom is -0.507 e. The Kier molecular flexibility index (Phi) is 6.40. The zero-order valence-corrected chi connectivity index (χ0v) is 20.2. The molecule has 1 atom stereocenters. The fourth-order valence-corrected chi connectivity index (χ4v) is 4.74. The van der Waals surface area contributed by atoms with Crippen LogP contribution >= 0.6 is 0 Å². The van der Waals surface area contributed by atoms with Gasteiger partial charge in [0.25, 0.3) is 11.7 Å². The van der Waals surface area contributed by atoms with Crippen molar-refractivity contribution in [2.75, 3.05) is 7.11 Å². The van der Waals surface area contributed by atoms with E-state index in [2.05, 4.69) is 0 Å². The van der Waals surface area contributed by atoms with Crippen LogP contribution in [0.3, 0.4) is 0 Å². The molecular weight excluding hydrogens is 495 g/mol. The van der Waals surface area contributed by atoms with Crippen molar-refractivity contribution in [1.29, 1.82) is 0 Å². The van der Waals surface area contributed by atoms with Crippen molar-refractivity contribution in [3.05, 3.63) is 119 Å². The van der Waals surface area contributed by atoms with Gasteiger partial charge in [0.1, 0.15) is 11.5 Å². The van der Waals surface area contributed by atoms with Gasteiger partial charge in [-0.25, -0.2) is 0 Å². The van der Waals surface area contributed by atoms with Gasteiger partial charge in [-0.1, -0.05) is 60.7 Å². The number of ether oxygens (including phenoxy) is 1. The molecule has 8 heteroatoms. The Hall–Kier alpha value is -4.59. The summed E-state index contributed by atoms with van der Waals surface area (Å²) in [6.45, 7) is -0.273. The number of hydrogen-bond donors (Lipinski definition) is 1. The van der Waals surface area contributed by atoms with Gasteiger partial charge in [0.05, 0.1) is 24.3 Å². The third-order valence-corrected chi connectivity index (χ3v) is 6.58. The van der Waals surface area contributed by atoms with Crippen LogP contribution in [0.5, 0.6) is 5.75 Å². The van der Waals surface area contributed by atoms with Crippen LogP contribution < -0.4 is 4.74 Å². The predicted molar refractivity (Wildman–Crippen MR) is 136 cm³/mol. The normalized spacial score (nSPS) is 17.3. The van der Waals surface area contributed by atoms with Crippen LogP contribution in [0.25, 0.3) is 16.5 Å². The van der Waals surface area contributed by atoms with Crippen molar-refractivity contribution in [2.45, 2.75) is 18.8 Å². The van der Waals surface area contributed by atoms with Crippen LogP contribution in [0.2, 0.25) is 0 Å². The standard InChI is InChI=1S/C30H22F3NO4/c1-38-24-11-5-9-21(16-24)26-25(27(35)22-13-12-19-7-2-3-8-20(19)15-22)28(36)29(37)34(26)17-18-6-4-10-23(14-18)30(31,32)33/h2-16,26,35H,17H2,1H3/b27-25-. The maximum atomic E-state index is 13.3. The number of alkyl halides is 3. The topological polar surface area (TPSA) is 66.8 Å². The summed E-state index contributed by atoms with van der Waals surface area (Å²) in [5.41, 5.74) is -0.00182. The number of likely N-dealkylation sites (tertiary alicyclic amines) is 1. The summed E-state index contributed by atoms with van der Waals surface area (Å²) in [6.07, 6.45) is -4.56. The number of ketones is 1. The van der Waals surface area contributed by atoms with Gasteiger partial charge in [-0.05, 0) is 52.2 Å². The summed E-state index contributed by atoms with van der Waals surface area (Å²) < 4.78 is 45.3. The highest BCUT2D eigenvalue weighted by molar-refractivity contribution is 6.46. The average molecular weight is 518 g/mol. The second kappa shape index (κ2) is 9.70. The molecule has 1 saturated heterocycles. The van der Waals surface area contributed by atoms with E-state index in [1.807, 2.05) is 24.3 Å². The first-order valence-corrected chi connectivity index (χ1v) is 11.7. The highest BCUT2D eigenvalue weighted by atomic mass is 19.4. The highest BCUT2D eigenvalue weighted by Crippen LogP contribution is 2.41. The van der Waals surface area contributed by atoms with Gasteiger partial charge in [0.15, 0.2) is 0 Å². The largest absolute Gasteiger partial charge is 0.507 e. The Labute approximate surface area is 216 Å². The van der Waals surface area contributed by atoms with Crippen molar-refractivity contribution in [1.82, 2.24) is 4.90 Å². The number of halogens is 3. The number of Topliss-reactive ketones (excluding diaryl/α,β-unsaturated/α-hetero) is 1. The Morgan fingerprint density at radius 3 is 2.37 bits per heavy atom. The van der Waals surface area contributed by atoms with E-state index in [1.54, 1.807) is 42.5 Å². The molecule has 5 nitrogen and oxygen atoms in total. The molecule has 1 fully saturated rings. The van der Waals surface area contributed by atoms with Gasteiger partial charge in [0, 0.05) is 12.1 Å². The maximum Gasteiger partial charge on any atom is 0.416 e. The van der Waals surface area contributed by atoms with E-state index in [1.165, 1.54) is 24.1 Å². The number of methoxy groups -OCH3 is 1. The molecule has 1 unspecified atom stereocenters. The van der Waals surface area contributed by atoms with Crippen molar-refractivity contribution in [2.24, 2.45) is 0 Å². The lowest BCUT2D eigenvalue weighted by molar-refractivity contribution is -0.140. The lowest BCUT2D eigenvalue weighted by Gasteiger charge is -2.26. The van der Waals surface area contributed by atoms with Gasteiger partial charge in [-0.2, -0.15) is 13.2 Å². The van der Waals surface area contributed by atoms with E-state index in [9.17, 15) is 27.9 Å². The summed E-state index contributed by atoms with van der Waals surface area (Å²) >= 11 is 0. The molecule has 1 heterocycles. The number of rotatable bonds is 5. The molecule has 0 aliphatic carbocycles. The van der Waals surface area contributed by atoms with Crippen molar-refractivity contribution < 1.29 is 32.6 Å². The van der Waals surface area contributed by atoms with E-state index in [4.69, 9.17) is 4.74 Å². The third-order valence-electron chi connectivity index (χ3n) is 6.58. The van der Waals surface area contributed by atoms with Crippen LogP contribution in [0.15, 0.2) is 96.6 Å². The minimum atomic E-state index is -4.56. The fourth-order valence-electron chi connectivity index (χ4n) is 4.74. The van der Waals surface area contributed by atoms with E-state index in [0.717, 1.165) is 22.9 Å². The summed E-state index contributed by atoms with van der Waals surface area (Å²) in [5, 5.41) is 13.1. The zero-order valence-electron chi connectivity index (χ0n) is 20.2. The molecule has 0 radical (unpaired) electrons. The molecule has 192 valence electrons. The van der Waals surface area contributed by atoms with Crippen LogP contribution in [-0.2, 0) is 22.3 Å². The molecule has 1 amide bonds. The molecule has 5 rings (SSSR count). The summed E-state index contributed by atoms with van der Waals surface area (Å²) in [5.74, 6) is -1.75. The first kappa shape index (κ1) is 25.1. The Morgan fingerprint density at radius 1 is 0.895 bits per heavy atom. The van der Waals surface area contributed by atoms with Crippen molar-refractivity contribution >= 4 is 28.2 Å². The molecular formula is C30H22F3NO4. The molecule has 0 bridgehead atoms. The van der Waals surface area contributed by atoms with Gasteiger partial charge < -0.3 is 14.7 Å². The van der Waals surface area contributed by atoms with Gasteiger partial charge >= 0.3 is 6.18 Å². The first-order valence-electron chi connectivity index (χ1n) is 11.7. The third kappa shape index (κ3) is 4.61. The number of aliphatic hydroxyl groups excluding tert-OH is 1. The second-order valence-electron chi connectivity index (χ2n) is 8.96. The molecule has 1 aliphatic heterocycles. The molecule has 0 spiro atoms. The van der Waals surface area contributed by atoms with Crippen molar-refractivity contribution in [3.63, 3.8) is 0 Å². The van der Waals surface area contributed by atoms with Crippen LogP contribution in [0.1, 0.15) is 28.3 Å². The Morgan fingerprint density at radius 2 is 1.63 bits per heavy atom. The Bertz CT molecular complexity index is 1590. The molecule has 38 heavy (non-hydrogen) atoms. The first-order chi connectivity index (χ1) is 18.2. The molecule has 1 aliphatic rings. The lowest BCUT2D eigenvalue weighted by Crippen LogP contribution is -2.29. The van der Waals surface area contributed by atoms with E-state index >= 15 is 0 Å². The number of carbonyl (C=O) groups excluding carboxylic acids is 2. The van der Waals surface area contributed by atoms with E-state index in [-0.39, 0.29) is 23.4 Å². The van der Waals surface area contributed by atoms with E-state index in [0.29, 0.717) is 16.9 Å². The molecule has 0 saturated carbocycles. The number of hydrogen-bond acceptors (Lipinski definition) is 4. The number of nitrogens with zero attached hydrogens (tertiary/aromatic N) is 1. The number of aliphatic hydroxyl groups is 1. The summed E-state index contributed by atoms with van der Waals surface area (Å²) in [7, 11) is 1.47. The molecule has 4 aromatic carbocycles. The van der Waals surface area contributed by atoms with Crippen LogP contribution in [0, 0.1) is 0 Å². The maximum absolute atomic E-state index is 13.3. The summed E-state index contributed by atoms with van der Waals surface area (Å²) in [4.78, 5) is 27.8. The quantitative estimate of drug-likeness (QED) is 0.187. The average Bonchev–Trinajstić information content (AvgIpc) is 3.17. The second-order valence-corrected chi connectivity index (χ2v) is 8.96. The Balaban J connectivity index is 1.65. The number of fused-ring (bicyclic) bond motifs is 1. The lowest BCUT2D eigenvalue weighted by atomic mass is 9.94. The molecule has 0 aromatic heterocycles. The highest BCUT2D eigenvalue weighted by Gasteiger charge is 2.46. The van der Waals surface area contributed by atoms with Gasteiger partial charge in [-0.3, -0.25) is 9.59 Å². The zero-order chi connectivity index (χ0) is 27.0. The van der Waals surface area contributed by atoms with Crippen molar-refractivity contribution in [3.8, 4) is 5.75 Å². The van der Waals surface area contributed by atoms with Gasteiger partial charge in [-0.15, -0.1) is 0 Å². The minimum absolute atomic E-state index is 0.148. The monoisotopic (exact) mass is 517 g/mol. The predicted octanol–water partition coefficient (Wildman–Crippen LogP) is 6.49. The SMILES string of the molecule is COc1cccc(C2/C(=C(/O)c3ccc4ccccc4c3)C(=O)C(=O)N2Cc2cccc(C(F)(F)F)c2)c1. The summed E-state index contributed by atoms with van der Waals surface area (Å²) in [6, 6.07) is 22.9. The smallest absolute Gasteiger partial charge is 0.416 e. The number of benzene rings is 4. The molecule has 4 aromatic rings. The molecule has 1 N–H and O–H groups in total.